The van der Waals surface area contributed by atoms with Crippen LogP contribution in [0.15, 0.2) is 18.2 Å². The number of benzene rings is 1. The Labute approximate surface area is 99.9 Å². The number of carboxylic acids is 1. The number of hydrogen-bond acceptors (Lipinski definition) is 3. The van der Waals surface area contributed by atoms with Gasteiger partial charge in [-0.05, 0) is 31.0 Å². The van der Waals surface area contributed by atoms with Crippen LogP contribution in [0.5, 0.6) is 0 Å². The molecule has 0 saturated heterocycles. The molecule has 1 aromatic rings. The van der Waals surface area contributed by atoms with Crippen LogP contribution in [0.2, 0.25) is 0 Å². The average Bonchev–Trinajstić information content (AvgIpc) is 2.82. The Kier molecular flexibility index (Phi) is 3.29. The highest BCUT2D eigenvalue weighted by atomic mass is 16.4. The van der Waals surface area contributed by atoms with Crippen molar-refractivity contribution in [1.29, 1.82) is 5.26 Å². The Morgan fingerprint density at radius 3 is 2.71 bits per heavy atom. The van der Waals surface area contributed by atoms with E-state index in [2.05, 4.69) is 5.32 Å². The van der Waals surface area contributed by atoms with E-state index in [1.807, 2.05) is 6.07 Å². The van der Waals surface area contributed by atoms with Crippen LogP contribution in [-0.4, -0.2) is 17.1 Å². The highest BCUT2D eigenvalue weighted by Gasteiger charge is 2.18. The lowest BCUT2D eigenvalue weighted by atomic mass is 10.1. The molecule has 0 spiro atoms. The zero-order chi connectivity index (χ0) is 12.3. The summed E-state index contributed by atoms with van der Waals surface area (Å²) in [6.07, 6.45) is 4.55. The molecule has 0 aliphatic heterocycles. The topological polar surface area (TPSA) is 73.1 Å². The largest absolute Gasteiger partial charge is 0.478 e. The van der Waals surface area contributed by atoms with E-state index in [0.717, 1.165) is 12.8 Å². The van der Waals surface area contributed by atoms with Crippen LogP contribution in [0.25, 0.3) is 0 Å². The second-order valence-corrected chi connectivity index (χ2v) is 4.30. The molecule has 0 heterocycles. The fourth-order valence-electron chi connectivity index (χ4n) is 2.21. The molecule has 17 heavy (non-hydrogen) atoms. The first kappa shape index (κ1) is 11.5. The number of nitrogens with one attached hydrogen (secondary N) is 1. The fourth-order valence-corrected chi connectivity index (χ4v) is 2.21. The molecule has 2 rings (SSSR count). The molecular weight excluding hydrogens is 216 g/mol. The monoisotopic (exact) mass is 230 g/mol. The van der Waals surface area contributed by atoms with Crippen molar-refractivity contribution < 1.29 is 9.90 Å². The maximum absolute atomic E-state index is 11.1. The molecule has 0 atom stereocenters. The van der Waals surface area contributed by atoms with Gasteiger partial charge in [0.2, 0.25) is 0 Å². The fraction of sp³-hybridized carbons (Fsp3) is 0.385. The Bertz CT molecular complexity index is 471. The Hall–Kier alpha value is -2.02. The minimum atomic E-state index is -0.998. The first-order valence-electron chi connectivity index (χ1n) is 5.74. The molecule has 4 nitrogen and oxygen atoms in total. The van der Waals surface area contributed by atoms with Crippen molar-refractivity contribution in [3.8, 4) is 6.07 Å². The zero-order valence-corrected chi connectivity index (χ0v) is 9.44. The van der Waals surface area contributed by atoms with Crippen LogP contribution in [0.3, 0.4) is 0 Å². The number of nitrogens with zero attached hydrogens (tertiary/aromatic N) is 1. The molecule has 4 heteroatoms. The van der Waals surface area contributed by atoms with Crippen molar-refractivity contribution in [2.75, 3.05) is 5.32 Å². The van der Waals surface area contributed by atoms with Crippen LogP contribution in [-0.2, 0) is 0 Å². The third kappa shape index (κ3) is 2.56. The Morgan fingerprint density at radius 1 is 1.41 bits per heavy atom. The molecule has 0 unspecified atom stereocenters. The average molecular weight is 230 g/mol. The van der Waals surface area contributed by atoms with Crippen LogP contribution < -0.4 is 5.32 Å². The number of anilines is 1. The second kappa shape index (κ2) is 4.88. The first-order chi connectivity index (χ1) is 8.20. The van der Waals surface area contributed by atoms with Gasteiger partial charge in [-0.3, -0.25) is 0 Å². The molecule has 0 radical (unpaired) electrons. The minimum Gasteiger partial charge on any atom is -0.478 e. The Morgan fingerprint density at radius 2 is 2.12 bits per heavy atom. The van der Waals surface area contributed by atoms with Gasteiger partial charge >= 0.3 is 5.97 Å². The van der Waals surface area contributed by atoms with Crippen molar-refractivity contribution >= 4 is 11.7 Å². The minimum absolute atomic E-state index is 0.177. The molecule has 0 aromatic heterocycles. The summed E-state index contributed by atoms with van der Waals surface area (Å²) in [5.74, 6) is -0.998. The van der Waals surface area contributed by atoms with E-state index in [0.29, 0.717) is 17.3 Å². The van der Waals surface area contributed by atoms with Gasteiger partial charge in [0.25, 0.3) is 0 Å². The maximum atomic E-state index is 11.1. The van der Waals surface area contributed by atoms with Gasteiger partial charge in [-0.2, -0.15) is 5.26 Å². The third-order valence-corrected chi connectivity index (χ3v) is 3.09. The maximum Gasteiger partial charge on any atom is 0.337 e. The van der Waals surface area contributed by atoms with E-state index in [1.165, 1.54) is 18.9 Å². The van der Waals surface area contributed by atoms with Gasteiger partial charge in [-0.15, -0.1) is 0 Å². The number of hydrogen-bond donors (Lipinski definition) is 2. The van der Waals surface area contributed by atoms with Crippen LogP contribution >= 0.6 is 0 Å². The van der Waals surface area contributed by atoms with Gasteiger partial charge in [0.15, 0.2) is 0 Å². The van der Waals surface area contributed by atoms with Gasteiger partial charge in [0, 0.05) is 11.7 Å². The summed E-state index contributed by atoms with van der Waals surface area (Å²) in [7, 11) is 0. The lowest BCUT2D eigenvalue weighted by Crippen LogP contribution is -2.17. The van der Waals surface area contributed by atoms with Gasteiger partial charge in [0.05, 0.1) is 17.2 Å². The molecule has 0 amide bonds. The van der Waals surface area contributed by atoms with E-state index in [-0.39, 0.29) is 5.56 Å². The van der Waals surface area contributed by atoms with E-state index in [1.54, 1.807) is 12.1 Å². The van der Waals surface area contributed by atoms with Crippen molar-refractivity contribution in [2.45, 2.75) is 31.7 Å². The molecule has 0 bridgehead atoms. The zero-order valence-electron chi connectivity index (χ0n) is 9.44. The third-order valence-electron chi connectivity index (χ3n) is 3.09. The van der Waals surface area contributed by atoms with Crippen LogP contribution in [0.1, 0.15) is 41.6 Å². The van der Waals surface area contributed by atoms with E-state index < -0.39 is 5.97 Å². The number of aromatic carboxylic acids is 1. The van der Waals surface area contributed by atoms with E-state index in [9.17, 15) is 4.79 Å². The molecule has 1 aliphatic carbocycles. The summed E-state index contributed by atoms with van der Waals surface area (Å²) in [5.41, 5.74) is 1.17. The standard InChI is InChI=1S/C13H14N2O2/c14-8-9-5-6-12(11(7-9)13(16)17)15-10-3-1-2-4-10/h5-7,10,15H,1-4H2,(H,16,17). The van der Waals surface area contributed by atoms with Crippen LogP contribution in [0.4, 0.5) is 5.69 Å². The summed E-state index contributed by atoms with van der Waals surface area (Å²) >= 11 is 0. The summed E-state index contributed by atoms with van der Waals surface area (Å²) in [6.45, 7) is 0. The number of nitriles is 1. The lowest BCUT2D eigenvalue weighted by molar-refractivity contribution is 0.0698. The molecule has 1 fully saturated rings. The highest BCUT2D eigenvalue weighted by molar-refractivity contribution is 5.94. The SMILES string of the molecule is N#Cc1ccc(NC2CCCC2)c(C(=O)O)c1. The molecular formula is C13H14N2O2. The molecule has 1 aromatic carbocycles. The quantitative estimate of drug-likeness (QED) is 0.837. The smallest absolute Gasteiger partial charge is 0.337 e. The summed E-state index contributed by atoms with van der Waals surface area (Å²) < 4.78 is 0. The van der Waals surface area contributed by atoms with Crippen molar-refractivity contribution in [2.24, 2.45) is 0 Å². The van der Waals surface area contributed by atoms with Gasteiger partial charge in [0.1, 0.15) is 0 Å². The summed E-state index contributed by atoms with van der Waals surface area (Å²) in [4.78, 5) is 11.1. The van der Waals surface area contributed by atoms with Crippen LogP contribution in [0, 0.1) is 11.3 Å². The van der Waals surface area contributed by atoms with Crippen molar-refractivity contribution in [1.82, 2.24) is 0 Å². The molecule has 88 valence electrons. The summed E-state index contributed by atoms with van der Waals surface area (Å²) in [5, 5.41) is 21.1. The molecule has 1 aliphatic rings. The highest BCUT2D eigenvalue weighted by Crippen LogP contribution is 2.25. The van der Waals surface area contributed by atoms with Crippen molar-refractivity contribution in [3.63, 3.8) is 0 Å². The Balaban J connectivity index is 2.26. The van der Waals surface area contributed by atoms with Gasteiger partial charge in [-0.25, -0.2) is 4.79 Å². The lowest BCUT2D eigenvalue weighted by Gasteiger charge is -2.15. The summed E-state index contributed by atoms with van der Waals surface area (Å²) in [6, 6.07) is 7.05. The van der Waals surface area contributed by atoms with Gasteiger partial charge in [-0.1, -0.05) is 12.8 Å². The molecule has 2 N–H and O–H groups in total. The first-order valence-corrected chi connectivity index (χ1v) is 5.74. The number of carboxylic acid groups (broad SMARTS) is 1. The van der Waals surface area contributed by atoms with E-state index >= 15 is 0 Å². The second-order valence-electron chi connectivity index (χ2n) is 4.30. The van der Waals surface area contributed by atoms with Gasteiger partial charge < -0.3 is 10.4 Å². The predicted octanol–water partition coefficient (Wildman–Crippen LogP) is 2.61. The predicted molar refractivity (Wildman–Crippen MR) is 64.0 cm³/mol. The normalized spacial score (nSPS) is 15.5. The number of carbonyl (C=O) groups is 1. The van der Waals surface area contributed by atoms with Crippen molar-refractivity contribution in [3.05, 3.63) is 29.3 Å². The van der Waals surface area contributed by atoms with E-state index in [4.69, 9.17) is 10.4 Å². The number of rotatable bonds is 3. The molecule has 1 saturated carbocycles.